The number of amides is 1. The molecule has 1 aromatic heterocycles. The van der Waals surface area contributed by atoms with E-state index >= 15 is 0 Å². The number of halogens is 1. The van der Waals surface area contributed by atoms with Crippen LogP contribution in [0, 0.1) is 5.82 Å². The third-order valence-corrected chi connectivity index (χ3v) is 6.67. The highest BCUT2D eigenvalue weighted by Crippen LogP contribution is 2.32. The van der Waals surface area contributed by atoms with E-state index in [9.17, 15) is 9.18 Å². The third-order valence-electron chi connectivity index (χ3n) is 6.67. The highest BCUT2D eigenvalue weighted by atomic mass is 19.1. The number of nitrogens with zero attached hydrogens (tertiary/aromatic N) is 5. The van der Waals surface area contributed by atoms with Gasteiger partial charge < -0.3 is 24.2 Å². The van der Waals surface area contributed by atoms with Gasteiger partial charge in [-0.05, 0) is 36.9 Å². The van der Waals surface area contributed by atoms with E-state index in [0.29, 0.717) is 43.5 Å². The van der Waals surface area contributed by atoms with Gasteiger partial charge in [-0.15, -0.1) is 0 Å². The number of piperazine rings is 1. The number of hydrogen-bond donors (Lipinski definition) is 0. The average Bonchev–Trinajstić information content (AvgIpc) is 2.89. The minimum Gasteiger partial charge on any atom is -0.497 e. The Labute approximate surface area is 210 Å². The van der Waals surface area contributed by atoms with Crippen molar-refractivity contribution >= 4 is 11.9 Å². The molecule has 3 aromatic rings. The summed E-state index contributed by atoms with van der Waals surface area (Å²) in [6.45, 7) is 4.41. The molecule has 8 nitrogen and oxygen atoms in total. The van der Waals surface area contributed by atoms with Gasteiger partial charge in [-0.2, -0.15) is 4.98 Å². The fraction of sp³-hybridized carbons (Fsp3) is 0.370. The maximum atomic E-state index is 13.9. The highest BCUT2D eigenvalue weighted by molar-refractivity contribution is 5.79. The van der Waals surface area contributed by atoms with Crippen LogP contribution in [0.2, 0.25) is 0 Å². The summed E-state index contributed by atoms with van der Waals surface area (Å²) in [4.78, 5) is 29.0. The van der Waals surface area contributed by atoms with Crippen LogP contribution in [0.25, 0.3) is 0 Å². The molecule has 0 bridgehead atoms. The van der Waals surface area contributed by atoms with Gasteiger partial charge in [-0.25, -0.2) is 9.37 Å². The Hall–Kier alpha value is -3.72. The number of carbonyl (C=O) groups is 1. The second-order valence-corrected chi connectivity index (χ2v) is 9.19. The zero-order valence-electron chi connectivity index (χ0n) is 20.6. The number of aromatic nitrogens is 2. The molecule has 3 heterocycles. The fourth-order valence-electron chi connectivity index (χ4n) is 4.49. The van der Waals surface area contributed by atoms with Gasteiger partial charge in [0.15, 0.2) is 0 Å². The summed E-state index contributed by atoms with van der Waals surface area (Å²) >= 11 is 0. The lowest BCUT2D eigenvalue weighted by molar-refractivity contribution is -0.131. The maximum absolute atomic E-state index is 13.9. The first-order valence-corrected chi connectivity index (χ1v) is 12.2. The summed E-state index contributed by atoms with van der Waals surface area (Å²) < 4.78 is 25.2. The molecule has 0 saturated carbocycles. The van der Waals surface area contributed by atoms with Crippen molar-refractivity contribution in [2.75, 3.05) is 51.8 Å². The normalized spacial score (nSPS) is 16.0. The number of rotatable bonds is 6. The van der Waals surface area contributed by atoms with Crippen LogP contribution in [-0.4, -0.2) is 72.6 Å². The lowest BCUT2D eigenvalue weighted by Gasteiger charge is -2.34. The fourth-order valence-corrected chi connectivity index (χ4v) is 4.49. The summed E-state index contributed by atoms with van der Waals surface area (Å²) in [7, 11) is 3.72. The number of likely N-dealkylation sites (N-methyl/N-ethyl adjacent to an activating group) is 1. The molecule has 1 saturated heterocycles. The Morgan fingerprint density at radius 1 is 1.00 bits per heavy atom. The first-order chi connectivity index (χ1) is 17.5. The summed E-state index contributed by atoms with van der Waals surface area (Å²) in [5.41, 5.74) is 2.56. The molecule has 36 heavy (non-hydrogen) atoms. The molecule has 9 heteroatoms. The molecule has 1 amide bonds. The Balaban J connectivity index is 1.40. The lowest BCUT2D eigenvalue weighted by atomic mass is 10.0. The minimum absolute atomic E-state index is 0.0191. The number of ether oxygens (including phenoxy) is 2. The summed E-state index contributed by atoms with van der Waals surface area (Å²) in [6, 6.07) is 13.5. The van der Waals surface area contributed by atoms with Crippen molar-refractivity contribution in [2.45, 2.75) is 19.4 Å². The van der Waals surface area contributed by atoms with Crippen LogP contribution in [0.1, 0.15) is 16.8 Å². The van der Waals surface area contributed by atoms with Crippen LogP contribution in [0.5, 0.6) is 17.4 Å². The first-order valence-electron chi connectivity index (χ1n) is 12.2. The van der Waals surface area contributed by atoms with E-state index in [1.807, 2.05) is 29.2 Å². The van der Waals surface area contributed by atoms with Gasteiger partial charge in [-0.1, -0.05) is 18.2 Å². The van der Waals surface area contributed by atoms with Crippen LogP contribution in [0.3, 0.4) is 0 Å². The molecule has 0 unspecified atom stereocenters. The molecule has 0 atom stereocenters. The number of hydrogen-bond acceptors (Lipinski definition) is 7. The van der Waals surface area contributed by atoms with Gasteiger partial charge in [0.25, 0.3) is 0 Å². The SMILES string of the molecule is COc1ccc(CC(=O)N2CCc3nc(N4CCN(C)CC4)nc(Oc4cccc(F)c4)c3C2)cc1. The molecule has 0 aliphatic carbocycles. The Bertz CT molecular complexity index is 1230. The zero-order valence-corrected chi connectivity index (χ0v) is 20.6. The lowest BCUT2D eigenvalue weighted by Crippen LogP contribution is -2.45. The maximum Gasteiger partial charge on any atom is 0.229 e. The van der Waals surface area contributed by atoms with Crippen molar-refractivity contribution in [2.24, 2.45) is 0 Å². The Kier molecular flexibility index (Phi) is 6.99. The van der Waals surface area contributed by atoms with Crippen molar-refractivity contribution < 1.29 is 18.7 Å². The van der Waals surface area contributed by atoms with Crippen LogP contribution < -0.4 is 14.4 Å². The number of methoxy groups -OCH3 is 1. The second kappa shape index (κ2) is 10.5. The predicted octanol–water partition coefficient (Wildman–Crippen LogP) is 3.30. The number of benzene rings is 2. The molecule has 2 aliphatic heterocycles. The summed E-state index contributed by atoms with van der Waals surface area (Å²) in [5, 5.41) is 0. The van der Waals surface area contributed by atoms with Crippen molar-refractivity contribution in [1.29, 1.82) is 0 Å². The van der Waals surface area contributed by atoms with Crippen molar-refractivity contribution in [3.8, 4) is 17.4 Å². The van der Waals surface area contributed by atoms with Gasteiger partial charge in [0, 0.05) is 45.2 Å². The van der Waals surface area contributed by atoms with Crippen LogP contribution in [-0.2, 0) is 24.2 Å². The van der Waals surface area contributed by atoms with E-state index in [0.717, 1.165) is 48.7 Å². The molecular formula is C27H30FN5O3. The molecule has 0 spiro atoms. The number of anilines is 1. The minimum atomic E-state index is -0.383. The van der Waals surface area contributed by atoms with Crippen LogP contribution >= 0.6 is 0 Å². The van der Waals surface area contributed by atoms with Crippen molar-refractivity contribution in [3.63, 3.8) is 0 Å². The Morgan fingerprint density at radius 2 is 1.78 bits per heavy atom. The molecule has 5 rings (SSSR count). The molecule has 1 fully saturated rings. The van der Waals surface area contributed by atoms with E-state index in [2.05, 4.69) is 16.8 Å². The standard InChI is InChI=1S/C27H30FN5O3/c1-31-12-14-32(15-13-31)27-29-24-10-11-33(25(34)16-19-6-8-21(35-2)9-7-19)18-23(24)26(30-27)36-22-5-3-4-20(28)17-22/h3-9,17H,10-16,18H2,1-2H3. The third kappa shape index (κ3) is 5.41. The summed E-state index contributed by atoms with van der Waals surface area (Å²) in [5.74, 6) is 1.75. The molecule has 2 aromatic carbocycles. The van der Waals surface area contributed by atoms with E-state index in [1.54, 1.807) is 19.2 Å². The van der Waals surface area contributed by atoms with Crippen LogP contribution in [0.15, 0.2) is 48.5 Å². The smallest absolute Gasteiger partial charge is 0.229 e. The molecule has 188 valence electrons. The van der Waals surface area contributed by atoms with E-state index in [-0.39, 0.29) is 11.7 Å². The van der Waals surface area contributed by atoms with Gasteiger partial charge in [0.1, 0.15) is 17.3 Å². The van der Waals surface area contributed by atoms with E-state index < -0.39 is 0 Å². The van der Waals surface area contributed by atoms with Crippen molar-refractivity contribution in [3.05, 3.63) is 71.2 Å². The highest BCUT2D eigenvalue weighted by Gasteiger charge is 2.28. The average molecular weight is 492 g/mol. The predicted molar refractivity (Wildman–Crippen MR) is 134 cm³/mol. The largest absolute Gasteiger partial charge is 0.497 e. The number of carbonyl (C=O) groups excluding carboxylic acids is 1. The molecule has 2 aliphatic rings. The van der Waals surface area contributed by atoms with Gasteiger partial charge in [0.2, 0.25) is 17.7 Å². The quantitative estimate of drug-likeness (QED) is 0.524. The first kappa shape index (κ1) is 24.0. The monoisotopic (exact) mass is 491 g/mol. The van der Waals surface area contributed by atoms with Crippen molar-refractivity contribution in [1.82, 2.24) is 19.8 Å². The van der Waals surface area contributed by atoms with E-state index in [4.69, 9.17) is 19.4 Å². The van der Waals surface area contributed by atoms with Gasteiger partial charge in [-0.3, -0.25) is 4.79 Å². The summed E-state index contributed by atoms with van der Waals surface area (Å²) in [6.07, 6.45) is 0.895. The molecule has 0 N–H and O–H groups in total. The molecule has 0 radical (unpaired) electrons. The van der Waals surface area contributed by atoms with Gasteiger partial charge in [0.05, 0.1) is 31.3 Å². The van der Waals surface area contributed by atoms with Crippen LogP contribution in [0.4, 0.5) is 10.3 Å². The Morgan fingerprint density at radius 3 is 2.50 bits per heavy atom. The zero-order chi connectivity index (χ0) is 25.1. The van der Waals surface area contributed by atoms with Gasteiger partial charge >= 0.3 is 0 Å². The van der Waals surface area contributed by atoms with E-state index in [1.165, 1.54) is 12.1 Å². The topological polar surface area (TPSA) is 71.0 Å². The number of fused-ring (bicyclic) bond motifs is 1. The molecular weight excluding hydrogens is 461 g/mol. The second-order valence-electron chi connectivity index (χ2n) is 9.19.